The van der Waals surface area contributed by atoms with Crippen molar-refractivity contribution < 1.29 is 55.7 Å². The number of aliphatic carboxylic acids is 2. The van der Waals surface area contributed by atoms with Crippen LogP contribution in [0.1, 0.15) is 26.5 Å². The number of likely N-dealkylation sites (tertiary alicyclic amines) is 1. The first-order valence-corrected chi connectivity index (χ1v) is 12.1. The van der Waals surface area contributed by atoms with Crippen molar-refractivity contribution in [2.75, 3.05) is 26.2 Å². The number of hydrogen-bond acceptors (Lipinski definition) is 7. The van der Waals surface area contributed by atoms with E-state index in [9.17, 15) is 31.1 Å². The number of amides is 1. The first-order valence-electron chi connectivity index (χ1n) is 11.3. The maximum atomic E-state index is 12.8. The number of hydrogen-bond donors (Lipinski definition) is 2. The number of piperidine rings is 1. The van der Waals surface area contributed by atoms with Crippen LogP contribution in [-0.2, 0) is 20.9 Å². The molecule has 216 valence electrons. The van der Waals surface area contributed by atoms with Crippen LogP contribution in [0.2, 0.25) is 0 Å². The summed E-state index contributed by atoms with van der Waals surface area (Å²) in [6.07, 6.45) is -5.32. The molecule has 2 aliphatic rings. The Morgan fingerprint density at radius 3 is 2.15 bits per heavy atom. The molecule has 0 saturated carbocycles. The SMILES string of the molecule is Cc1ccc(C(=O)N2CC[C@@H]3OCCN(Cc4cccnc4)[C@H]3C2)s1.O=C(O)C(F)(F)F.O=C(O)C(F)(F)F. The molecule has 39 heavy (non-hydrogen) atoms. The van der Waals surface area contributed by atoms with E-state index in [4.69, 9.17) is 24.5 Å². The average molecular weight is 586 g/mol. The second kappa shape index (κ2) is 13.7. The molecule has 16 heteroatoms. The van der Waals surface area contributed by atoms with E-state index in [0.29, 0.717) is 0 Å². The van der Waals surface area contributed by atoms with Gasteiger partial charge in [0, 0.05) is 43.4 Å². The Balaban J connectivity index is 0.000000317. The molecule has 0 aromatic carbocycles. The summed E-state index contributed by atoms with van der Waals surface area (Å²) in [6.45, 7) is 6.07. The number of aryl methyl sites for hydroxylation is 1. The molecule has 0 aliphatic carbocycles. The highest BCUT2D eigenvalue weighted by atomic mass is 32.1. The molecule has 0 spiro atoms. The fourth-order valence-electron chi connectivity index (χ4n) is 3.75. The normalized spacial score (nSPS) is 19.5. The third kappa shape index (κ3) is 10.1. The summed E-state index contributed by atoms with van der Waals surface area (Å²) in [5.74, 6) is -5.36. The summed E-state index contributed by atoms with van der Waals surface area (Å²) in [4.78, 5) is 41.3. The molecule has 2 aromatic rings. The third-order valence-electron chi connectivity index (χ3n) is 5.53. The fraction of sp³-hybridized carbons (Fsp3) is 0.478. The number of halogens is 6. The molecule has 0 unspecified atom stereocenters. The standard InChI is InChI=1S/C19H23N3O2S.2C2HF3O2/c1-14-4-5-18(25-14)19(23)22-8-6-17-16(13-22)21(9-10-24-17)12-15-3-2-7-20-11-15;2*3-2(4,5)1(6)7/h2-5,7,11,16-17H,6,8-10,12-13H2,1H3;2*(H,6,7)/t16-,17-;;/m0../s1. The number of alkyl halides is 6. The van der Waals surface area contributed by atoms with Gasteiger partial charge in [0.05, 0.1) is 23.6 Å². The van der Waals surface area contributed by atoms with Crippen LogP contribution in [0, 0.1) is 6.92 Å². The Labute approximate surface area is 222 Å². The quantitative estimate of drug-likeness (QED) is 0.522. The number of carboxylic acids is 2. The van der Waals surface area contributed by atoms with Crippen LogP contribution in [0.15, 0.2) is 36.7 Å². The van der Waals surface area contributed by atoms with Crippen molar-refractivity contribution in [2.24, 2.45) is 0 Å². The molecule has 2 fully saturated rings. The van der Waals surface area contributed by atoms with Crippen LogP contribution < -0.4 is 0 Å². The topological polar surface area (TPSA) is 120 Å². The predicted molar refractivity (Wildman–Crippen MR) is 125 cm³/mol. The van der Waals surface area contributed by atoms with Gasteiger partial charge in [0.2, 0.25) is 0 Å². The predicted octanol–water partition coefficient (Wildman–Crippen LogP) is 3.83. The number of morpholine rings is 1. The number of rotatable bonds is 3. The lowest BCUT2D eigenvalue weighted by atomic mass is 9.98. The summed E-state index contributed by atoms with van der Waals surface area (Å²) in [5, 5.41) is 14.2. The molecule has 0 radical (unpaired) electrons. The maximum absolute atomic E-state index is 12.8. The second-order valence-electron chi connectivity index (χ2n) is 8.36. The zero-order chi connectivity index (χ0) is 29.4. The molecule has 4 rings (SSSR count). The van der Waals surface area contributed by atoms with E-state index in [0.717, 1.165) is 44.1 Å². The molecule has 4 heterocycles. The molecule has 2 saturated heterocycles. The number of ether oxygens (including phenoxy) is 1. The molecule has 2 atom stereocenters. The number of aromatic nitrogens is 1. The highest BCUT2D eigenvalue weighted by Crippen LogP contribution is 2.27. The third-order valence-corrected chi connectivity index (χ3v) is 6.52. The maximum Gasteiger partial charge on any atom is 0.490 e. The van der Waals surface area contributed by atoms with Gasteiger partial charge in [-0.3, -0.25) is 14.7 Å². The van der Waals surface area contributed by atoms with Gasteiger partial charge in [0.15, 0.2) is 0 Å². The first kappa shape index (κ1) is 32.0. The van der Waals surface area contributed by atoms with Crippen molar-refractivity contribution in [3.63, 3.8) is 0 Å². The Morgan fingerprint density at radius 1 is 1.05 bits per heavy atom. The summed E-state index contributed by atoms with van der Waals surface area (Å²) >= 11 is 1.58. The van der Waals surface area contributed by atoms with Gasteiger partial charge in [-0.1, -0.05) is 6.07 Å². The zero-order valence-electron chi connectivity index (χ0n) is 20.4. The summed E-state index contributed by atoms with van der Waals surface area (Å²) < 4.78 is 69.5. The molecule has 2 aliphatic heterocycles. The minimum atomic E-state index is -5.08. The Hall–Kier alpha value is -3.24. The molecule has 2 N–H and O–H groups in total. The van der Waals surface area contributed by atoms with Crippen LogP contribution in [-0.4, -0.2) is 93.6 Å². The molecular weight excluding hydrogens is 560 g/mol. The van der Waals surface area contributed by atoms with Crippen LogP contribution >= 0.6 is 11.3 Å². The number of pyridine rings is 1. The van der Waals surface area contributed by atoms with E-state index in [1.54, 1.807) is 17.5 Å². The molecule has 0 bridgehead atoms. The van der Waals surface area contributed by atoms with Crippen molar-refractivity contribution in [3.05, 3.63) is 52.0 Å². The summed E-state index contributed by atoms with van der Waals surface area (Å²) in [6, 6.07) is 8.30. The number of fused-ring (bicyclic) bond motifs is 1. The van der Waals surface area contributed by atoms with Crippen molar-refractivity contribution in [1.29, 1.82) is 0 Å². The number of carboxylic acid groups (broad SMARTS) is 2. The number of thiophene rings is 1. The van der Waals surface area contributed by atoms with Crippen molar-refractivity contribution in [1.82, 2.24) is 14.8 Å². The van der Waals surface area contributed by atoms with Gasteiger partial charge >= 0.3 is 24.3 Å². The minimum Gasteiger partial charge on any atom is -0.475 e. The van der Waals surface area contributed by atoms with Gasteiger partial charge in [0.1, 0.15) is 0 Å². The van der Waals surface area contributed by atoms with E-state index in [-0.39, 0.29) is 18.1 Å². The van der Waals surface area contributed by atoms with Crippen LogP contribution in [0.5, 0.6) is 0 Å². The molecule has 2 aromatic heterocycles. The first-order chi connectivity index (χ1) is 18.1. The van der Waals surface area contributed by atoms with Gasteiger partial charge in [-0.2, -0.15) is 26.3 Å². The van der Waals surface area contributed by atoms with Gasteiger partial charge in [0.25, 0.3) is 5.91 Å². The lowest BCUT2D eigenvalue weighted by Gasteiger charge is -2.47. The Bertz CT molecular complexity index is 1090. The van der Waals surface area contributed by atoms with Crippen LogP contribution in [0.4, 0.5) is 26.3 Å². The van der Waals surface area contributed by atoms with Gasteiger partial charge in [-0.25, -0.2) is 9.59 Å². The van der Waals surface area contributed by atoms with E-state index in [1.807, 2.05) is 36.2 Å². The van der Waals surface area contributed by atoms with E-state index in [2.05, 4.69) is 16.0 Å². The summed E-state index contributed by atoms with van der Waals surface area (Å²) in [5.41, 5.74) is 1.21. The van der Waals surface area contributed by atoms with Gasteiger partial charge in [-0.05, 0) is 37.1 Å². The zero-order valence-corrected chi connectivity index (χ0v) is 21.2. The van der Waals surface area contributed by atoms with E-state index >= 15 is 0 Å². The average Bonchev–Trinajstić information content (AvgIpc) is 3.30. The Morgan fingerprint density at radius 2 is 1.67 bits per heavy atom. The van der Waals surface area contributed by atoms with Gasteiger partial charge < -0.3 is 19.8 Å². The number of carbonyl (C=O) groups excluding carboxylic acids is 1. The summed E-state index contributed by atoms with van der Waals surface area (Å²) in [7, 11) is 0. The van der Waals surface area contributed by atoms with Crippen LogP contribution in [0.3, 0.4) is 0 Å². The van der Waals surface area contributed by atoms with Crippen molar-refractivity contribution in [2.45, 2.75) is 44.4 Å². The minimum absolute atomic E-state index is 0.156. The second-order valence-corrected chi connectivity index (χ2v) is 9.65. The highest BCUT2D eigenvalue weighted by molar-refractivity contribution is 7.13. The fourth-order valence-corrected chi connectivity index (χ4v) is 4.59. The highest BCUT2D eigenvalue weighted by Gasteiger charge is 2.40. The number of nitrogens with zero attached hydrogens (tertiary/aromatic N) is 3. The van der Waals surface area contributed by atoms with E-state index in [1.165, 1.54) is 10.4 Å². The molecular formula is C23H25F6N3O6S. The van der Waals surface area contributed by atoms with Crippen molar-refractivity contribution in [3.8, 4) is 0 Å². The molecule has 9 nitrogen and oxygen atoms in total. The van der Waals surface area contributed by atoms with E-state index < -0.39 is 24.3 Å². The largest absolute Gasteiger partial charge is 0.490 e. The monoisotopic (exact) mass is 585 g/mol. The smallest absolute Gasteiger partial charge is 0.475 e. The Kier molecular flexibility index (Phi) is 11.2. The van der Waals surface area contributed by atoms with Crippen LogP contribution in [0.25, 0.3) is 0 Å². The number of carbonyl (C=O) groups is 3. The lowest BCUT2D eigenvalue weighted by Crippen LogP contribution is -2.60. The molecule has 1 amide bonds. The lowest BCUT2D eigenvalue weighted by molar-refractivity contribution is -0.193. The van der Waals surface area contributed by atoms with Gasteiger partial charge in [-0.15, -0.1) is 11.3 Å². The van der Waals surface area contributed by atoms with Crippen molar-refractivity contribution >= 4 is 29.2 Å².